The van der Waals surface area contributed by atoms with Gasteiger partial charge in [0.1, 0.15) is 11.0 Å². The predicted molar refractivity (Wildman–Crippen MR) is 106 cm³/mol. The lowest BCUT2D eigenvalue weighted by Gasteiger charge is -2.17. The topological polar surface area (TPSA) is 93.5 Å². The molecule has 8 heteroatoms. The molecule has 2 aromatic carbocycles. The molecule has 0 aliphatic rings. The molecule has 1 heterocycles. The van der Waals surface area contributed by atoms with Crippen molar-refractivity contribution in [2.45, 2.75) is 28.9 Å². The van der Waals surface area contributed by atoms with Crippen LogP contribution in [0.2, 0.25) is 0 Å². The van der Waals surface area contributed by atoms with E-state index in [1.54, 1.807) is 36.4 Å². The number of rotatable bonds is 7. The molecule has 0 saturated carbocycles. The molecule has 6 nitrogen and oxygen atoms in total. The molecule has 28 heavy (non-hydrogen) atoms. The van der Waals surface area contributed by atoms with Crippen molar-refractivity contribution < 1.29 is 21.3 Å². The van der Waals surface area contributed by atoms with Crippen LogP contribution in [0, 0.1) is 13.8 Å². The molecule has 0 saturated heterocycles. The van der Waals surface area contributed by atoms with Gasteiger partial charge in [0, 0.05) is 6.54 Å². The zero-order valence-corrected chi connectivity index (χ0v) is 17.1. The molecule has 0 radical (unpaired) electrons. The quantitative estimate of drug-likeness (QED) is 0.634. The Hall–Kier alpha value is -2.42. The Morgan fingerprint density at radius 1 is 0.857 bits per heavy atom. The van der Waals surface area contributed by atoms with Crippen LogP contribution >= 0.6 is 0 Å². The van der Waals surface area contributed by atoms with E-state index in [0.717, 1.165) is 11.1 Å². The maximum atomic E-state index is 13.3. The summed E-state index contributed by atoms with van der Waals surface area (Å²) >= 11 is 0. The van der Waals surface area contributed by atoms with Crippen molar-refractivity contribution in [2.75, 3.05) is 6.54 Å². The van der Waals surface area contributed by atoms with Crippen molar-refractivity contribution in [3.8, 4) is 0 Å². The van der Waals surface area contributed by atoms with Crippen LogP contribution in [0.1, 0.15) is 22.1 Å². The fourth-order valence-corrected chi connectivity index (χ4v) is 5.60. The summed E-state index contributed by atoms with van der Waals surface area (Å²) in [5, 5.41) is -1.19. The van der Waals surface area contributed by atoms with E-state index in [1.165, 1.54) is 30.5 Å². The number of hydrogen-bond acceptors (Lipinski definition) is 5. The lowest BCUT2D eigenvalue weighted by molar-refractivity contribution is 0.486. The SMILES string of the molecule is Cc1ccc(S(=O)(=O)[C@H](CNS(=O)(=O)c2ccccc2)c2ccco2)cc1C. The number of nitrogens with one attached hydrogen (secondary N) is 1. The third-order valence-corrected chi connectivity index (χ3v) is 8.05. The maximum Gasteiger partial charge on any atom is 0.240 e. The van der Waals surface area contributed by atoms with Crippen molar-refractivity contribution in [3.05, 3.63) is 83.8 Å². The third-order valence-electron chi connectivity index (χ3n) is 4.55. The van der Waals surface area contributed by atoms with Crippen molar-refractivity contribution >= 4 is 19.9 Å². The van der Waals surface area contributed by atoms with E-state index in [9.17, 15) is 16.8 Å². The second-order valence-electron chi connectivity index (χ2n) is 6.46. The lowest BCUT2D eigenvalue weighted by atomic mass is 10.1. The van der Waals surface area contributed by atoms with E-state index < -0.39 is 25.1 Å². The molecule has 1 N–H and O–H groups in total. The monoisotopic (exact) mass is 419 g/mol. The summed E-state index contributed by atoms with van der Waals surface area (Å²) in [6, 6.07) is 15.7. The van der Waals surface area contributed by atoms with E-state index in [1.807, 2.05) is 13.8 Å². The van der Waals surface area contributed by atoms with Crippen molar-refractivity contribution in [3.63, 3.8) is 0 Å². The van der Waals surface area contributed by atoms with Crippen molar-refractivity contribution in [2.24, 2.45) is 0 Å². The van der Waals surface area contributed by atoms with Crippen LogP contribution in [0.25, 0.3) is 0 Å². The molecule has 0 aliphatic heterocycles. The minimum Gasteiger partial charge on any atom is -0.468 e. The van der Waals surface area contributed by atoms with Crippen LogP contribution < -0.4 is 4.72 Å². The molecule has 1 aromatic heterocycles. The molecule has 3 rings (SSSR count). The number of sulfone groups is 1. The first kappa shape index (κ1) is 20.3. The summed E-state index contributed by atoms with van der Waals surface area (Å²) in [5.41, 5.74) is 1.81. The minimum atomic E-state index is -3.89. The van der Waals surface area contributed by atoms with Crippen LogP contribution in [-0.4, -0.2) is 23.4 Å². The third kappa shape index (κ3) is 4.19. The van der Waals surface area contributed by atoms with Crippen molar-refractivity contribution in [1.29, 1.82) is 0 Å². The van der Waals surface area contributed by atoms with Gasteiger partial charge in [-0.2, -0.15) is 0 Å². The van der Waals surface area contributed by atoms with Gasteiger partial charge in [0.15, 0.2) is 9.84 Å². The maximum absolute atomic E-state index is 13.3. The normalized spacial score (nSPS) is 13.4. The van der Waals surface area contributed by atoms with Gasteiger partial charge in [0.25, 0.3) is 0 Å². The summed E-state index contributed by atoms with van der Waals surface area (Å²) < 4.78 is 59.3. The summed E-state index contributed by atoms with van der Waals surface area (Å²) in [6.45, 7) is 3.37. The molecule has 0 aliphatic carbocycles. The van der Waals surface area contributed by atoms with Gasteiger partial charge in [-0.1, -0.05) is 24.3 Å². The van der Waals surface area contributed by atoms with Gasteiger partial charge in [-0.25, -0.2) is 21.6 Å². The largest absolute Gasteiger partial charge is 0.468 e. The number of sulfonamides is 1. The minimum absolute atomic E-state index is 0.0665. The number of hydrogen-bond donors (Lipinski definition) is 1. The Bertz CT molecular complexity index is 1150. The lowest BCUT2D eigenvalue weighted by Crippen LogP contribution is -2.31. The van der Waals surface area contributed by atoms with Crippen molar-refractivity contribution in [1.82, 2.24) is 4.72 Å². The molecule has 3 aromatic rings. The second kappa shape index (κ2) is 7.90. The van der Waals surface area contributed by atoms with E-state index in [4.69, 9.17) is 4.42 Å². The van der Waals surface area contributed by atoms with Gasteiger partial charge in [0.2, 0.25) is 10.0 Å². The highest BCUT2D eigenvalue weighted by Gasteiger charge is 2.33. The molecular formula is C20H21NO5S2. The van der Waals surface area contributed by atoms with E-state index in [-0.39, 0.29) is 22.1 Å². The Morgan fingerprint density at radius 3 is 2.18 bits per heavy atom. The van der Waals surface area contributed by atoms with Gasteiger partial charge in [-0.05, 0) is 61.4 Å². The summed E-state index contributed by atoms with van der Waals surface area (Å²) in [5.74, 6) is 0.175. The van der Waals surface area contributed by atoms with Gasteiger partial charge in [0.05, 0.1) is 16.1 Å². The van der Waals surface area contributed by atoms with Crippen LogP contribution in [0.15, 0.2) is 81.1 Å². The average Bonchev–Trinajstić information content (AvgIpc) is 3.18. The number of furan rings is 1. The molecule has 0 amide bonds. The zero-order chi connectivity index (χ0) is 20.4. The second-order valence-corrected chi connectivity index (χ2v) is 10.4. The Labute approximate surface area is 165 Å². The molecular weight excluding hydrogens is 398 g/mol. The van der Waals surface area contributed by atoms with Gasteiger partial charge in [-0.15, -0.1) is 0 Å². The number of benzene rings is 2. The van der Waals surface area contributed by atoms with Crippen LogP contribution in [0.3, 0.4) is 0 Å². The molecule has 0 spiro atoms. The Kier molecular flexibility index (Phi) is 5.74. The first-order valence-corrected chi connectivity index (χ1v) is 11.6. The average molecular weight is 420 g/mol. The van der Waals surface area contributed by atoms with Gasteiger partial charge in [-0.3, -0.25) is 0 Å². The number of aryl methyl sites for hydroxylation is 2. The van der Waals surface area contributed by atoms with E-state index in [2.05, 4.69) is 4.72 Å². The van der Waals surface area contributed by atoms with Crippen LogP contribution in [0.5, 0.6) is 0 Å². The first-order valence-electron chi connectivity index (χ1n) is 8.61. The smallest absolute Gasteiger partial charge is 0.240 e. The summed E-state index contributed by atoms with van der Waals surface area (Å²) in [4.78, 5) is 0.188. The van der Waals surface area contributed by atoms with Crippen LogP contribution in [-0.2, 0) is 19.9 Å². The highest BCUT2D eigenvalue weighted by Crippen LogP contribution is 2.30. The summed E-state index contributed by atoms with van der Waals surface area (Å²) in [7, 11) is -7.75. The molecule has 0 fully saturated rings. The summed E-state index contributed by atoms with van der Waals surface area (Å²) in [6.07, 6.45) is 1.37. The standard InChI is InChI=1S/C20H21NO5S2/c1-15-10-11-18(13-16(15)2)27(22,23)20(19-9-6-12-26-19)14-21-28(24,25)17-7-4-3-5-8-17/h3-13,20-21H,14H2,1-2H3/t20-/m1/s1. The van der Waals surface area contributed by atoms with E-state index >= 15 is 0 Å². The van der Waals surface area contributed by atoms with Crippen LogP contribution in [0.4, 0.5) is 0 Å². The Balaban J connectivity index is 1.95. The molecule has 0 unspecified atom stereocenters. The van der Waals surface area contributed by atoms with Gasteiger partial charge >= 0.3 is 0 Å². The molecule has 0 bridgehead atoms. The van der Waals surface area contributed by atoms with E-state index in [0.29, 0.717) is 0 Å². The zero-order valence-electron chi connectivity index (χ0n) is 15.5. The Morgan fingerprint density at radius 2 is 1.57 bits per heavy atom. The molecule has 148 valence electrons. The fourth-order valence-electron chi connectivity index (χ4n) is 2.76. The fraction of sp³-hybridized carbons (Fsp3) is 0.200. The first-order chi connectivity index (χ1) is 13.2. The van der Waals surface area contributed by atoms with Gasteiger partial charge < -0.3 is 4.42 Å². The molecule has 1 atom stereocenters. The highest BCUT2D eigenvalue weighted by atomic mass is 32.2. The predicted octanol–water partition coefficient (Wildman–Crippen LogP) is 3.39. The highest BCUT2D eigenvalue weighted by molar-refractivity contribution is 7.92.